The van der Waals surface area contributed by atoms with Gasteiger partial charge in [-0.1, -0.05) is 36.9 Å². The molecule has 0 saturated heterocycles. The summed E-state index contributed by atoms with van der Waals surface area (Å²) in [6.07, 6.45) is 0.784. The van der Waals surface area contributed by atoms with Crippen molar-refractivity contribution in [2.75, 3.05) is 0 Å². The van der Waals surface area contributed by atoms with E-state index >= 15 is 0 Å². The highest BCUT2D eigenvalue weighted by Gasteiger charge is 2.09. The van der Waals surface area contributed by atoms with Gasteiger partial charge in [0.25, 0.3) is 0 Å². The van der Waals surface area contributed by atoms with Gasteiger partial charge in [-0.15, -0.1) is 0 Å². The smallest absolute Gasteiger partial charge is 0.338 e. The Bertz CT molecular complexity index is 641. The maximum absolute atomic E-state index is 11.5. The van der Waals surface area contributed by atoms with Gasteiger partial charge in [0, 0.05) is 16.5 Å². The van der Waals surface area contributed by atoms with Crippen molar-refractivity contribution in [2.24, 2.45) is 0 Å². The molecule has 0 N–H and O–H groups in total. The van der Waals surface area contributed by atoms with E-state index < -0.39 is 5.97 Å². The molecule has 0 bridgehead atoms. The lowest BCUT2D eigenvalue weighted by Gasteiger charge is -2.08. The van der Waals surface area contributed by atoms with Crippen LogP contribution in [0.2, 0.25) is 0 Å². The van der Waals surface area contributed by atoms with Crippen molar-refractivity contribution in [2.45, 2.75) is 6.92 Å². The van der Waals surface area contributed by atoms with Crippen LogP contribution in [0.15, 0.2) is 48.6 Å². The first-order valence-electron chi connectivity index (χ1n) is 5.48. The Morgan fingerprint density at radius 3 is 2.50 bits per heavy atom. The normalized spacial score (nSPS) is 10.1. The minimum absolute atomic E-state index is 0.332. The molecule has 0 aliphatic rings. The molecule has 3 heteroatoms. The number of carbonyl (C=O) groups is 2. The number of aldehydes is 1. The number of ether oxygens (including phenoxy) is 1. The van der Waals surface area contributed by atoms with Crippen LogP contribution in [0.4, 0.5) is 0 Å². The molecule has 0 fully saturated rings. The minimum Gasteiger partial charge on any atom is -0.423 e. The zero-order chi connectivity index (χ0) is 13.1. The number of esters is 1. The summed E-state index contributed by atoms with van der Waals surface area (Å²) in [6, 6.07) is 10.5. The number of carbonyl (C=O) groups excluding carboxylic acids is 2. The molecule has 0 heterocycles. The number of benzene rings is 2. The first-order valence-corrected chi connectivity index (χ1v) is 5.48. The SMILES string of the molecule is C=C(C)C(=O)Oc1cccc2c(C=O)cccc12. The van der Waals surface area contributed by atoms with Crippen LogP contribution in [-0.2, 0) is 4.79 Å². The zero-order valence-corrected chi connectivity index (χ0v) is 9.97. The highest BCUT2D eigenvalue weighted by molar-refractivity contribution is 6.02. The van der Waals surface area contributed by atoms with Crippen molar-refractivity contribution in [1.82, 2.24) is 0 Å². The van der Waals surface area contributed by atoms with E-state index in [9.17, 15) is 9.59 Å². The molecule has 0 aliphatic carbocycles. The topological polar surface area (TPSA) is 43.4 Å². The Balaban J connectivity index is 2.55. The van der Waals surface area contributed by atoms with Gasteiger partial charge in [-0.05, 0) is 18.4 Å². The van der Waals surface area contributed by atoms with Crippen LogP contribution in [0.3, 0.4) is 0 Å². The summed E-state index contributed by atoms with van der Waals surface area (Å²) in [5, 5.41) is 1.50. The minimum atomic E-state index is -0.473. The number of rotatable bonds is 3. The molecule has 0 aliphatic heterocycles. The Hall–Kier alpha value is -2.42. The Labute approximate surface area is 105 Å². The van der Waals surface area contributed by atoms with Crippen LogP contribution in [0.5, 0.6) is 5.75 Å². The van der Waals surface area contributed by atoms with E-state index in [0.717, 1.165) is 17.1 Å². The molecule has 0 amide bonds. The van der Waals surface area contributed by atoms with E-state index in [1.165, 1.54) is 0 Å². The van der Waals surface area contributed by atoms with Gasteiger partial charge in [0.15, 0.2) is 6.29 Å². The maximum atomic E-state index is 11.5. The van der Waals surface area contributed by atoms with Crippen LogP contribution >= 0.6 is 0 Å². The fraction of sp³-hybridized carbons (Fsp3) is 0.0667. The van der Waals surface area contributed by atoms with E-state index in [1.807, 2.05) is 12.1 Å². The predicted octanol–water partition coefficient (Wildman–Crippen LogP) is 3.13. The third kappa shape index (κ3) is 2.15. The molecule has 2 aromatic carbocycles. The van der Waals surface area contributed by atoms with E-state index in [1.54, 1.807) is 31.2 Å². The fourth-order valence-corrected chi connectivity index (χ4v) is 1.68. The molecular weight excluding hydrogens is 228 g/mol. The maximum Gasteiger partial charge on any atom is 0.338 e. The van der Waals surface area contributed by atoms with Crippen molar-refractivity contribution in [3.8, 4) is 5.75 Å². The van der Waals surface area contributed by atoms with Gasteiger partial charge in [-0.25, -0.2) is 4.79 Å². The lowest BCUT2D eigenvalue weighted by atomic mass is 10.0. The van der Waals surface area contributed by atoms with E-state index in [2.05, 4.69) is 6.58 Å². The molecule has 90 valence electrons. The van der Waals surface area contributed by atoms with Crippen LogP contribution in [-0.4, -0.2) is 12.3 Å². The van der Waals surface area contributed by atoms with Gasteiger partial charge >= 0.3 is 5.97 Å². The fourth-order valence-electron chi connectivity index (χ4n) is 1.68. The highest BCUT2D eigenvalue weighted by Crippen LogP contribution is 2.27. The summed E-state index contributed by atoms with van der Waals surface area (Å²) in [4.78, 5) is 22.5. The summed E-state index contributed by atoms with van der Waals surface area (Å²) < 4.78 is 5.23. The largest absolute Gasteiger partial charge is 0.423 e. The summed E-state index contributed by atoms with van der Waals surface area (Å²) in [5.41, 5.74) is 0.902. The molecular formula is C15H12O3. The van der Waals surface area contributed by atoms with Crippen LogP contribution in [0.25, 0.3) is 10.8 Å². The first-order chi connectivity index (χ1) is 8.63. The summed E-state index contributed by atoms with van der Waals surface area (Å²) in [5.74, 6) is -0.0387. The molecule has 0 unspecified atom stereocenters. The Morgan fingerprint density at radius 1 is 1.17 bits per heavy atom. The van der Waals surface area contributed by atoms with Crippen molar-refractivity contribution in [3.63, 3.8) is 0 Å². The molecule has 0 saturated carbocycles. The lowest BCUT2D eigenvalue weighted by Crippen LogP contribution is -2.08. The lowest BCUT2D eigenvalue weighted by molar-refractivity contribution is -0.129. The average molecular weight is 240 g/mol. The number of fused-ring (bicyclic) bond motifs is 1. The van der Waals surface area contributed by atoms with Gasteiger partial charge in [0.05, 0.1) is 0 Å². The van der Waals surface area contributed by atoms with E-state index in [0.29, 0.717) is 16.9 Å². The molecule has 0 spiro atoms. The number of hydrogen-bond donors (Lipinski definition) is 0. The second-order valence-corrected chi connectivity index (χ2v) is 3.99. The third-order valence-corrected chi connectivity index (χ3v) is 2.59. The second-order valence-electron chi connectivity index (χ2n) is 3.99. The number of hydrogen-bond acceptors (Lipinski definition) is 3. The van der Waals surface area contributed by atoms with Crippen LogP contribution in [0, 0.1) is 0 Å². The second kappa shape index (κ2) is 4.84. The molecule has 2 rings (SSSR count). The van der Waals surface area contributed by atoms with Crippen LogP contribution < -0.4 is 4.74 Å². The molecule has 0 aromatic heterocycles. The van der Waals surface area contributed by atoms with Gasteiger partial charge in [-0.2, -0.15) is 0 Å². The predicted molar refractivity (Wildman–Crippen MR) is 69.8 cm³/mol. The molecule has 0 radical (unpaired) electrons. The molecule has 18 heavy (non-hydrogen) atoms. The zero-order valence-electron chi connectivity index (χ0n) is 9.97. The molecule has 2 aromatic rings. The van der Waals surface area contributed by atoms with Gasteiger partial charge in [-0.3, -0.25) is 4.79 Å². The quantitative estimate of drug-likeness (QED) is 0.358. The van der Waals surface area contributed by atoms with E-state index in [-0.39, 0.29) is 0 Å². The van der Waals surface area contributed by atoms with Gasteiger partial charge in [0.2, 0.25) is 0 Å². The first kappa shape index (κ1) is 12.0. The molecule has 0 atom stereocenters. The average Bonchev–Trinajstić information content (AvgIpc) is 2.38. The summed E-state index contributed by atoms with van der Waals surface area (Å²) in [6.45, 7) is 5.12. The Kier molecular flexibility index (Phi) is 3.24. The van der Waals surface area contributed by atoms with Gasteiger partial charge < -0.3 is 4.74 Å². The van der Waals surface area contributed by atoms with E-state index in [4.69, 9.17) is 4.74 Å². The van der Waals surface area contributed by atoms with Crippen molar-refractivity contribution >= 4 is 23.0 Å². The van der Waals surface area contributed by atoms with Crippen molar-refractivity contribution < 1.29 is 14.3 Å². The van der Waals surface area contributed by atoms with Crippen LogP contribution in [0.1, 0.15) is 17.3 Å². The van der Waals surface area contributed by atoms with Crippen molar-refractivity contribution in [3.05, 3.63) is 54.1 Å². The highest BCUT2D eigenvalue weighted by atomic mass is 16.5. The van der Waals surface area contributed by atoms with Gasteiger partial charge in [0.1, 0.15) is 5.75 Å². The summed E-state index contributed by atoms with van der Waals surface area (Å²) >= 11 is 0. The Morgan fingerprint density at radius 2 is 1.83 bits per heavy atom. The third-order valence-electron chi connectivity index (χ3n) is 2.59. The summed E-state index contributed by atoms with van der Waals surface area (Å²) in [7, 11) is 0. The standard InChI is InChI=1S/C15H12O3/c1-10(2)15(17)18-14-8-4-6-12-11(9-16)5-3-7-13(12)14/h3-9H,1H2,2H3. The van der Waals surface area contributed by atoms with Crippen molar-refractivity contribution in [1.29, 1.82) is 0 Å². The monoisotopic (exact) mass is 240 g/mol. The molecule has 3 nitrogen and oxygen atoms in total.